The molecule has 2 N–H and O–H groups in total. The van der Waals surface area contributed by atoms with Gasteiger partial charge in [-0.2, -0.15) is 5.10 Å². The van der Waals surface area contributed by atoms with Gasteiger partial charge in [0, 0.05) is 47.4 Å². The highest BCUT2D eigenvalue weighted by Gasteiger charge is 2.20. The minimum absolute atomic E-state index is 0.110. The number of hydrogen-bond acceptors (Lipinski definition) is 5. The van der Waals surface area contributed by atoms with Crippen molar-refractivity contribution in [1.82, 2.24) is 15.1 Å². The molecule has 0 fully saturated rings. The maximum atomic E-state index is 14.3. The fourth-order valence-electron chi connectivity index (χ4n) is 3.40. The number of nitrogens with zero attached hydrogens (tertiary/aromatic N) is 2. The van der Waals surface area contributed by atoms with Gasteiger partial charge in [0.25, 0.3) is 5.91 Å². The predicted octanol–water partition coefficient (Wildman–Crippen LogP) is 3.95. The number of rotatable bonds is 8. The van der Waals surface area contributed by atoms with E-state index in [9.17, 15) is 14.0 Å². The lowest BCUT2D eigenvalue weighted by molar-refractivity contribution is -0.116. The molecule has 0 bridgehead atoms. The highest BCUT2D eigenvalue weighted by Crippen LogP contribution is 2.33. The van der Waals surface area contributed by atoms with Gasteiger partial charge in [0.05, 0.1) is 11.5 Å². The molecule has 4 aromatic rings. The van der Waals surface area contributed by atoms with Crippen LogP contribution in [-0.2, 0) is 29.2 Å². The van der Waals surface area contributed by atoms with Gasteiger partial charge >= 0.3 is 0 Å². The number of ether oxygens (including phenoxy) is 1. The van der Waals surface area contributed by atoms with E-state index >= 15 is 0 Å². The Morgan fingerprint density at radius 2 is 2.03 bits per heavy atom. The average Bonchev–Trinajstić information content (AvgIpc) is 3.41. The number of anilines is 1. The molecule has 2 amide bonds. The molecule has 0 radical (unpaired) electrons. The molecule has 0 aliphatic rings. The summed E-state index contributed by atoms with van der Waals surface area (Å²) in [5.74, 6) is -0.874. The highest BCUT2D eigenvalue weighted by molar-refractivity contribution is 7.21. The minimum Gasteiger partial charge on any atom is -0.380 e. The summed E-state index contributed by atoms with van der Waals surface area (Å²) in [5, 5.41) is 10.1. The zero-order valence-electron chi connectivity index (χ0n) is 17.3. The van der Waals surface area contributed by atoms with Crippen molar-refractivity contribution in [2.75, 3.05) is 12.4 Å². The normalized spacial score (nSPS) is 10.9. The van der Waals surface area contributed by atoms with Crippen LogP contribution in [0.25, 0.3) is 10.1 Å². The van der Waals surface area contributed by atoms with E-state index in [0.717, 1.165) is 5.56 Å². The van der Waals surface area contributed by atoms with Gasteiger partial charge in [-0.1, -0.05) is 18.2 Å². The van der Waals surface area contributed by atoms with Gasteiger partial charge in [0.2, 0.25) is 5.91 Å². The summed E-state index contributed by atoms with van der Waals surface area (Å²) in [7, 11) is 1.51. The molecule has 0 spiro atoms. The minimum atomic E-state index is -0.372. The molecule has 2 heterocycles. The van der Waals surface area contributed by atoms with E-state index in [0.29, 0.717) is 26.2 Å². The summed E-state index contributed by atoms with van der Waals surface area (Å²) in [6.07, 6.45) is 3.32. The molecule has 164 valence electrons. The second-order valence-corrected chi connectivity index (χ2v) is 8.14. The van der Waals surface area contributed by atoms with Crippen molar-refractivity contribution >= 4 is 38.9 Å². The monoisotopic (exact) mass is 452 g/mol. The first-order chi connectivity index (χ1) is 15.5. The van der Waals surface area contributed by atoms with Crippen LogP contribution in [0.2, 0.25) is 0 Å². The molecule has 2 aromatic carbocycles. The third kappa shape index (κ3) is 4.84. The van der Waals surface area contributed by atoms with Crippen molar-refractivity contribution in [2.45, 2.75) is 19.7 Å². The Morgan fingerprint density at radius 3 is 2.81 bits per heavy atom. The first-order valence-corrected chi connectivity index (χ1v) is 10.7. The molecule has 9 heteroatoms. The summed E-state index contributed by atoms with van der Waals surface area (Å²) in [4.78, 5) is 25.5. The van der Waals surface area contributed by atoms with E-state index in [-0.39, 0.29) is 37.3 Å². The van der Waals surface area contributed by atoms with Crippen molar-refractivity contribution in [2.24, 2.45) is 0 Å². The van der Waals surface area contributed by atoms with E-state index < -0.39 is 0 Å². The fourth-order valence-corrected chi connectivity index (χ4v) is 4.53. The first kappa shape index (κ1) is 21.7. The lowest BCUT2D eigenvalue weighted by Gasteiger charge is -2.09. The summed E-state index contributed by atoms with van der Waals surface area (Å²) in [5.41, 5.74) is 1.98. The van der Waals surface area contributed by atoms with Crippen molar-refractivity contribution in [1.29, 1.82) is 0 Å². The van der Waals surface area contributed by atoms with Gasteiger partial charge in [-0.15, -0.1) is 11.3 Å². The Bertz CT molecular complexity index is 1250. The number of aromatic nitrogens is 2. The average molecular weight is 453 g/mol. The lowest BCUT2D eigenvalue weighted by Crippen LogP contribution is -2.23. The van der Waals surface area contributed by atoms with Crippen LogP contribution < -0.4 is 10.6 Å². The zero-order chi connectivity index (χ0) is 22.5. The van der Waals surface area contributed by atoms with Gasteiger partial charge in [-0.05, 0) is 35.9 Å². The number of halogens is 1. The summed E-state index contributed by atoms with van der Waals surface area (Å²) < 4.78 is 21.8. The first-order valence-electron chi connectivity index (χ1n) is 9.88. The number of amides is 2. The van der Waals surface area contributed by atoms with Crippen LogP contribution in [0, 0.1) is 5.82 Å². The Labute approximate surface area is 187 Å². The zero-order valence-corrected chi connectivity index (χ0v) is 18.1. The summed E-state index contributed by atoms with van der Waals surface area (Å²) >= 11 is 1.24. The Hall–Kier alpha value is -3.56. The molecule has 4 rings (SSSR count). The maximum Gasteiger partial charge on any atom is 0.262 e. The number of nitrogens with one attached hydrogen (secondary N) is 2. The number of carbonyl (C=O) groups is 2. The summed E-state index contributed by atoms with van der Waals surface area (Å²) in [6.45, 7) is 0.505. The van der Waals surface area contributed by atoms with Gasteiger partial charge < -0.3 is 15.4 Å². The smallest absolute Gasteiger partial charge is 0.262 e. The molecule has 0 aliphatic carbocycles. The van der Waals surface area contributed by atoms with Crippen LogP contribution in [0.15, 0.2) is 60.9 Å². The van der Waals surface area contributed by atoms with Crippen molar-refractivity contribution < 1.29 is 18.7 Å². The molecule has 2 aromatic heterocycles. The van der Waals surface area contributed by atoms with E-state index in [4.69, 9.17) is 4.74 Å². The van der Waals surface area contributed by atoms with Gasteiger partial charge in [0.1, 0.15) is 12.4 Å². The SMILES string of the molecule is COCc1c(C(=O)NCc2cccc(NC(=O)Cn3cccn3)c2)sc2cccc(F)c12. The van der Waals surface area contributed by atoms with E-state index in [1.54, 1.807) is 48.8 Å². The van der Waals surface area contributed by atoms with Crippen LogP contribution in [-0.4, -0.2) is 28.7 Å². The van der Waals surface area contributed by atoms with Crippen LogP contribution in [0.3, 0.4) is 0 Å². The number of thiophene rings is 1. The molecule has 0 saturated heterocycles. The second kappa shape index (κ2) is 9.71. The van der Waals surface area contributed by atoms with Crippen molar-refractivity contribution in [3.05, 3.63) is 82.7 Å². The highest BCUT2D eigenvalue weighted by atomic mass is 32.1. The van der Waals surface area contributed by atoms with Gasteiger partial charge in [-0.25, -0.2) is 4.39 Å². The third-order valence-corrected chi connectivity index (χ3v) is 5.98. The maximum absolute atomic E-state index is 14.3. The van der Waals surface area contributed by atoms with Crippen LogP contribution in [0.5, 0.6) is 0 Å². The molecule has 32 heavy (non-hydrogen) atoms. The number of benzene rings is 2. The van der Waals surface area contributed by atoms with Gasteiger partial charge in [0.15, 0.2) is 0 Å². The van der Waals surface area contributed by atoms with Crippen LogP contribution in [0.4, 0.5) is 10.1 Å². The number of carbonyl (C=O) groups excluding carboxylic acids is 2. The second-order valence-electron chi connectivity index (χ2n) is 7.09. The standard InChI is InChI=1S/C23H21FN4O3S/c1-31-14-17-21-18(24)7-3-8-19(21)32-22(17)23(30)25-12-15-5-2-6-16(11-15)27-20(29)13-28-10-4-9-26-28/h2-11H,12-14H2,1H3,(H,25,30)(H,27,29). The van der Waals surface area contributed by atoms with Gasteiger partial charge in [-0.3, -0.25) is 14.3 Å². The Balaban J connectivity index is 1.44. The Morgan fingerprint density at radius 1 is 1.19 bits per heavy atom. The van der Waals surface area contributed by atoms with Crippen LogP contribution in [0.1, 0.15) is 20.8 Å². The molecule has 0 unspecified atom stereocenters. The Kier molecular flexibility index (Phi) is 6.58. The summed E-state index contributed by atoms with van der Waals surface area (Å²) in [6, 6.07) is 13.8. The topological polar surface area (TPSA) is 85.3 Å². The lowest BCUT2D eigenvalue weighted by atomic mass is 10.1. The molecule has 0 atom stereocenters. The predicted molar refractivity (Wildman–Crippen MR) is 121 cm³/mol. The molecule has 0 saturated carbocycles. The fraction of sp³-hybridized carbons (Fsp3) is 0.174. The van der Waals surface area contributed by atoms with Crippen molar-refractivity contribution in [3.8, 4) is 0 Å². The largest absolute Gasteiger partial charge is 0.380 e. The van der Waals surface area contributed by atoms with E-state index in [2.05, 4.69) is 15.7 Å². The van der Waals surface area contributed by atoms with E-state index in [1.165, 1.54) is 29.2 Å². The van der Waals surface area contributed by atoms with Crippen LogP contribution >= 0.6 is 11.3 Å². The molecular formula is C23H21FN4O3S. The molecule has 7 nitrogen and oxygen atoms in total. The number of hydrogen-bond donors (Lipinski definition) is 2. The quantitative estimate of drug-likeness (QED) is 0.424. The third-order valence-electron chi connectivity index (χ3n) is 4.79. The van der Waals surface area contributed by atoms with E-state index in [1.807, 2.05) is 6.07 Å². The number of methoxy groups -OCH3 is 1. The van der Waals surface area contributed by atoms with Crippen molar-refractivity contribution in [3.63, 3.8) is 0 Å². The molecular weight excluding hydrogens is 431 g/mol. The number of fused-ring (bicyclic) bond motifs is 1. The molecule has 0 aliphatic heterocycles.